The standard InChI is InChI=1S/C13H7BrCl2FI/c14-10-5-7(1-3-11(10)17)13(16)9-6-8(15)2-4-12(9)18/h1-6,13H. The molecule has 94 valence electrons. The summed E-state index contributed by atoms with van der Waals surface area (Å²) < 4.78 is 14.6. The van der Waals surface area contributed by atoms with Crippen LogP contribution in [0.2, 0.25) is 5.02 Å². The highest BCUT2D eigenvalue weighted by Gasteiger charge is 2.15. The molecule has 0 radical (unpaired) electrons. The first kappa shape index (κ1) is 14.6. The fraction of sp³-hybridized carbons (Fsp3) is 0.0769. The Morgan fingerprint density at radius 1 is 1.17 bits per heavy atom. The number of alkyl halides is 1. The highest BCUT2D eigenvalue weighted by Crippen LogP contribution is 2.35. The first-order valence-corrected chi connectivity index (χ1v) is 7.71. The molecule has 0 heterocycles. The summed E-state index contributed by atoms with van der Waals surface area (Å²) in [7, 11) is 0. The van der Waals surface area contributed by atoms with Gasteiger partial charge in [-0.3, -0.25) is 0 Å². The predicted octanol–water partition coefficient (Wildman–Crippen LogP) is 6.17. The molecule has 0 amide bonds. The average molecular weight is 460 g/mol. The van der Waals surface area contributed by atoms with Gasteiger partial charge in [-0.1, -0.05) is 17.7 Å². The lowest BCUT2D eigenvalue weighted by Gasteiger charge is -2.13. The fourth-order valence-corrected chi connectivity index (χ4v) is 3.28. The van der Waals surface area contributed by atoms with Crippen LogP contribution in [0.1, 0.15) is 16.5 Å². The number of hydrogen-bond acceptors (Lipinski definition) is 0. The average Bonchev–Trinajstić information content (AvgIpc) is 2.35. The molecule has 5 heteroatoms. The van der Waals surface area contributed by atoms with Gasteiger partial charge in [0.05, 0.1) is 9.85 Å². The summed E-state index contributed by atoms with van der Waals surface area (Å²) in [6.45, 7) is 0. The second kappa shape index (κ2) is 6.07. The van der Waals surface area contributed by atoms with Gasteiger partial charge in [-0.15, -0.1) is 11.6 Å². The lowest BCUT2D eigenvalue weighted by atomic mass is 10.0. The summed E-state index contributed by atoms with van der Waals surface area (Å²) in [6, 6.07) is 10.3. The molecule has 0 N–H and O–H groups in total. The number of halogens is 5. The van der Waals surface area contributed by atoms with Gasteiger partial charge in [0.15, 0.2) is 0 Å². The second-order valence-electron chi connectivity index (χ2n) is 3.70. The molecule has 0 aliphatic rings. The normalized spacial score (nSPS) is 12.5. The maximum Gasteiger partial charge on any atom is 0.137 e. The third kappa shape index (κ3) is 3.18. The molecular formula is C13H7BrCl2FI. The van der Waals surface area contributed by atoms with Crippen molar-refractivity contribution in [1.29, 1.82) is 0 Å². The van der Waals surface area contributed by atoms with Crippen LogP contribution in [0, 0.1) is 9.39 Å². The van der Waals surface area contributed by atoms with Gasteiger partial charge in [-0.2, -0.15) is 0 Å². The van der Waals surface area contributed by atoms with Crippen molar-refractivity contribution in [3.05, 3.63) is 66.4 Å². The van der Waals surface area contributed by atoms with E-state index in [4.69, 9.17) is 23.2 Å². The van der Waals surface area contributed by atoms with Crippen LogP contribution in [0.3, 0.4) is 0 Å². The molecule has 18 heavy (non-hydrogen) atoms. The van der Waals surface area contributed by atoms with E-state index in [1.165, 1.54) is 6.07 Å². The van der Waals surface area contributed by atoms with Crippen molar-refractivity contribution in [3.8, 4) is 0 Å². The lowest BCUT2D eigenvalue weighted by Crippen LogP contribution is -1.97. The first-order valence-electron chi connectivity index (χ1n) is 5.03. The summed E-state index contributed by atoms with van der Waals surface area (Å²) in [6.07, 6.45) is 0. The van der Waals surface area contributed by atoms with Crippen molar-refractivity contribution in [2.24, 2.45) is 0 Å². The molecule has 0 saturated carbocycles. The van der Waals surface area contributed by atoms with E-state index in [9.17, 15) is 4.39 Å². The van der Waals surface area contributed by atoms with Gasteiger partial charge in [0.25, 0.3) is 0 Å². The molecule has 0 aliphatic carbocycles. The molecule has 2 aromatic carbocycles. The van der Waals surface area contributed by atoms with Crippen molar-refractivity contribution in [3.63, 3.8) is 0 Å². The zero-order valence-corrected chi connectivity index (χ0v) is 14.2. The topological polar surface area (TPSA) is 0 Å². The van der Waals surface area contributed by atoms with Gasteiger partial charge in [-0.25, -0.2) is 4.39 Å². The Labute approximate surface area is 137 Å². The molecule has 1 unspecified atom stereocenters. The third-order valence-corrected chi connectivity index (χ3v) is 4.78. The molecule has 0 fully saturated rings. The maximum absolute atomic E-state index is 13.2. The Bertz CT molecular complexity index is 589. The maximum atomic E-state index is 13.2. The van der Waals surface area contributed by atoms with Crippen molar-refractivity contribution < 1.29 is 4.39 Å². The van der Waals surface area contributed by atoms with E-state index in [-0.39, 0.29) is 11.2 Å². The summed E-state index contributed by atoms with van der Waals surface area (Å²) in [4.78, 5) is 0. The zero-order valence-electron chi connectivity index (χ0n) is 8.93. The van der Waals surface area contributed by atoms with Gasteiger partial charge < -0.3 is 0 Å². The summed E-state index contributed by atoms with van der Waals surface area (Å²) in [5.74, 6) is -0.302. The van der Waals surface area contributed by atoms with Crippen LogP contribution in [0.5, 0.6) is 0 Å². The molecule has 2 aromatic rings. The minimum Gasteiger partial charge on any atom is -0.206 e. The molecule has 2 rings (SSSR count). The van der Waals surface area contributed by atoms with Gasteiger partial charge in [-0.05, 0) is 80.0 Å². The fourth-order valence-electron chi connectivity index (χ4n) is 1.56. The van der Waals surface area contributed by atoms with E-state index in [2.05, 4.69) is 38.5 Å². The van der Waals surface area contributed by atoms with Crippen molar-refractivity contribution in [2.75, 3.05) is 0 Å². The molecule has 1 atom stereocenters. The molecule has 0 aliphatic heterocycles. The van der Waals surface area contributed by atoms with Crippen molar-refractivity contribution in [2.45, 2.75) is 5.38 Å². The smallest absolute Gasteiger partial charge is 0.137 e. The first-order chi connectivity index (χ1) is 8.49. The molecule has 0 nitrogen and oxygen atoms in total. The Kier molecular flexibility index (Phi) is 4.92. The predicted molar refractivity (Wildman–Crippen MR) is 86.0 cm³/mol. The number of hydrogen-bond donors (Lipinski definition) is 0. The van der Waals surface area contributed by atoms with Gasteiger partial charge in [0.2, 0.25) is 0 Å². The molecular weight excluding hydrogens is 453 g/mol. The van der Waals surface area contributed by atoms with Crippen LogP contribution in [0.25, 0.3) is 0 Å². The van der Waals surface area contributed by atoms with Crippen LogP contribution in [-0.2, 0) is 0 Å². The van der Waals surface area contributed by atoms with Crippen molar-refractivity contribution >= 4 is 61.7 Å². The molecule has 0 saturated heterocycles. The highest BCUT2D eigenvalue weighted by molar-refractivity contribution is 14.1. The number of rotatable bonds is 2. The Morgan fingerprint density at radius 2 is 1.89 bits per heavy atom. The van der Waals surface area contributed by atoms with Crippen molar-refractivity contribution in [1.82, 2.24) is 0 Å². The summed E-state index contributed by atoms with van der Waals surface area (Å²) in [5, 5.41) is 0.282. The van der Waals surface area contributed by atoms with E-state index in [0.717, 1.165) is 14.7 Å². The molecule has 0 spiro atoms. The molecule has 0 aromatic heterocycles. The van der Waals surface area contributed by atoms with Gasteiger partial charge >= 0.3 is 0 Å². The monoisotopic (exact) mass is 458 g/mol. The third-order valence-electron chi connectivity index (χ3n) is 2.47. The summed E-state index contributed by atoms with van der Waals surface area (Å²) >= 11 is 17.8. The Hall–Kier alpha value is 0.160. The van der Waals surface area contributed by atoms with E-state index in [1.807, 2.05) is 18.2 Å². The minimum atomic E-state index is -0.354. The van der Waals surface area contributed by atoms with Gasteiger partial charge in [0.1, 0.15) is 5.82 Å². The van der Waals surface area contributed by atoms with Crippen LogP contribution < -0.4 is 0 Å². The molecule has 0 bridgehead atoms. The van der Waals surface area contributed by atoms with E-state index >= 15 is 0 Å². The van der Waals surface area contributed by atoms with Crippen LogP contribution in [0.15, 0.2) is 40.9 Å². The zero-order chi connectivity index (χ0) is 13.3. The van der Waals surface area contributed by atoms with E-state index < -0.39 is 0 Å². The van der Waals surface area contributed by atoms with Crippen LogP contribution in [-0.4, -0.2) is 0 Å². The minimum absolute atomic E-state index is 0.302. The van der Waals surface area contributed by atoms with Gasteiger partial charge in [0, 0.05) is 8.59 Å². The van der Waals surface area contributed by atoms with Crippen LogP contribution >= 0.6 is 61.7 Å². The number of benzene rings is 2. The lowest BCUT2D eigenvalue weighted by molar-refractivity contribution is 0.620. The summed E-state index contributed by atoms with van der Waals surface area (Å²) in [5.41, 5.74) is 1.74. The quantitative estimate of drug-likeness (QED) is 0.372. The highest BCUT2D eigenvalue weighted by atomic mass is 127. The SMILES string of the molecule is Fc1ccc(C(Cl)c2cc(Cl)ccc2I)cc1Br. The second-order valence-corrected chi connectivity index (χ2v) is 6.59. The van der Waals surface area contributed by atoms with E-state index in [0.29, 0.717) is 9.50 Å². The largest absolute Gasteiger partial charge is 0.206 e. The Morgan fingerprint density at radius 3 is 2.56 bits per heavy atom. The Balaban J connectivity index is 2.44. The van der Waals surface area contributed by atoms with E-state index in [1.54, 1.807) is 12.1 Å². The van der Waals surface area contributed by atoms with Crippen LogP contribution in [0.4, 0.5) is 4.39 Å².